The van der Waals surface area contributed by atoms with Crippen LogP contribution in [0.3, 0.4) is 0 Å². The molecule has 0 bridgehead atoms. The number of rotatable bonds is 7. The average molecular weight is 482 g/mol. The lowest BCUT2D eigenvalue weighted by atomic mass is 10.3. The fourth-order valence-corrected chi connectivity index (χ4v) is 2.89. The lowest BCUT2D eigenvalue weighted by Gasteiger charge is -2.12. The fraction of sp³-hybridized carbons (Fsp3) is 0.444. The lowest BCUT2D eigenvalue weighted by Crippen LogP contribution is -2.39. The van der Waals surface area contributed by atoms with E-state index in [1.165, 1.54) is 5.56 Å². The van der Waals surface area contributed by atoms with Gasteiger partial charge in [0.05, 0.1) is 5.69 Å². The highest BCUT2D eigenvalue weighted by Gasteiger charge is 2.05. The predicted octanol–water partition coefficient (Wildman–Crippen LogP) is 1.82. The first-order valence-corrected chi connectivity index (χ1v) is 8.95. The van der Waals surface area contributed by atoms with Crippen LogP contribution in [0.2, 0.25) is 0 Å². The van der Waals surface area contributed by atoms with Crippen molar-refractivity contribution in [1.82, 2.24) is 34.8 Å². The second-order valence-corrected chi connectivity index (χ2v) is 6.12. The third-order valence-electron chi connectivity index (χ3n) is 4.28. The molecule has 0 spiro atoms. The molecule has 0 aliphatic rings. The summed E-state index contributed by atoms with van der Waals surface area (Å²) in [6.45, 7) is 6.50. The Hall–Kier alpha value is -2.17. The van der Waals surface area contributed by atoms with E-state index in [9.17, 15) is 0 Å². The average Bonchev–Trinajstić information content (AvgIpc) is 3.27. The number of aliphatic imine (C=N–C) groups is 1. The zero-order chi connectivity index (χ0) is 18.4. The Morgan fingerprint density at radius 2 is 2.07 bits per heavy atom. The smallest absolute Gasteiger partial charge is 0.191 e. The molecule has 3 aromatic rings. The van der Waals surface area contributed by atoms with Crippen LogP contribution in [0.4, 0.5) is 0 Å². The molecule has 0 saturated carbocycles. The van der Waals surface area contributed by atoms with Gasteiger partial charge in [-0.05, 0) is 18.6 Å². The molecule has 0 aliphatic heterocycles. The van der Waals surface area contributed by atoms with E-state index in [0.29, 0.717) is 0 Å². The van der Waals surface area contributed by atoms with Gasteiger partial charge >= 0.3 is 0 Å². The Morgan fingerprint density at radius 1 is 1.26 bits per heavy atom. The normalized spacial score (nSPS) is 11.4. The molecule has 0 amide bonds. The van der Waals surface area contributed by atoms with Crippen LogP contribution < -0.4 is 10.6 Å². The van der Waals surface area contributed by atoms with Crippen molar-refractivity contribution in [3.05, 3.63) is 47.9 Å². The minimum absolute atomic E-state index is 0. The number of hydrogen-bond donors (Lipinski definition) is 2. The molecule has 9 heteroatoms. The van der Waals surface area contributed by atoms with Crippen LogP contribution in [0.25, 0.3) is 5.65 Å². The van der Waals surface area contributed by atoms with Crippen LogP contribution in [0.15, 0.2) is 35.8 Å². The highest BCUT2D eigenvalue weighted by molar-refractivity contribution is 14.0. The van der Waals surface area contributed by atoms with Crippen molar-refractivity contribution in [2.45, 2.75) is 33.2 Å². The highest BCUT2D eigenvalue weighted by atomic mass is 127. The molecular weight excluding hydrogens is 455 g/mol. The van der Waals surface area contributed by atoms with Crippen molar-refractivity contribution in [3.63, 3.8) is 0 Å². The van der Waals surface area contributed by atoms with E-state index in [-0.39, 0.29) is 24.0 Å². The van der Waals surface area contributed by atoms with E-state index < -0.39 is 0 Å². The van der Waals surface area contributed by atoms with Gasteiger partial charge in [0.2, 0.25) is 0 Å². The first-order chi connectivity index (χ1) is 12.7. The molecule has 0 saturated heterocycles. The van der Waals surface area contributed by atoms with Gasteiger partial charge in [0.25, 0.3) is 0 Å². The first kappa shape index (κ1) is 21.1. The van der Waals surface area contributed by atoms with Gasteiger partial charge in [-0.1, -0.05) is 13.0 Å². The second-order valence-electron chi connectivity index (χ2n) is 6.12. The van der Waals surface area contributed by atoms with Crippen molar-refractivity contribution in [2.24, 2.45) is 4.99 Å². The van der Waals surface area contributed by atoms with Crippen molar-refractivity contribution in [3.8, 4) is 0 Å². The molecule has 0 aromatic carbocycles. The van der Waals surface area contributed by atoms with Crippen molar-refractivity contribution < 1.29 is 0 Å². The number of nitrogens with zero attached hydrogens (tertiary/aromatic N) is 6. The number of guanidine groups is 1. The quantitative estimate of drug-likeness (QED) is 0.305. The number of pyridine rings is 1. The number of hydrogen-bond acceptors (Lipinski definition) is 4. The van der Waals surface area contributed by atoms with E-state index in [1.54, 1.807) is 13.4 Å². The van der Waals surface area contributed by atoms with Crippen LogP contribution in [-0.2, 0) is 19.4 Å². The van der Waals surface area contributed by atoms with Crippen molar-refractivity contribution >= 4 is 35.6 Å². The van der Waals surface area contributed by atoms with Crippen LogP contribution in [-0.4, -0.2) is 50.2 Å². The molecule has 0 unspecified atom stereocenters. The van der Waals surface area contributed by atoms with Gasteiger partial charge in [-0.3, -0.25) is 4.99 Å². The third kappa shape index (κ3) is 5.41. The summed E-state index contributed by atoms with van der Waals surface area (Å²) in [5.74, 6) is 1.79. The largest absolute Gasteiger partial charge is 0.356 e. The maximum Gasteiger partial charge on any atom is 0.191 e. The van der Waals surface area contributed by atoms with Crippen molar-refractivity contribution in [2.75, 3.05) is 20.1 Å². The van der Waals surface area contributed by atoms with Crippen LogP contribution in [0.5, 0.6) is 0 Å². The fourth-order valence-electron chi connectivity index (χ4n) is 2.89. The number of fused-ring (bicyclic) bond motifs is 1. The number of halogens is 1. The van der Waals surface area contributed by atoms with Crippen LogP contribution in [0.1, 0.15) is 24.0 Å². The number of aryl methyl sites for hydroxylation is 2. The molecule has 0 aliphatic carbocycles. The van der Waals surface area contributed by atoms with Crippen molar-refractivity contribution in [1.29, 1.82) is 0 Å². The lowest BCUT2D eigenvalue weighted by molar-refractivity contribution is 0.632. The summed E-state index contributed by atoms with van der Waals surface area (Å²) in [6.07, 6.45) is 7.60. The summed E-state index contributed by atoms with van der Waals surface area (Å²) in [5.41, 5.74) is 3.27. The first-order valence-electron chi connectivity index (χ1n) is 8.95. The molecule has 3 heterocycles. The standard InChI is InChI=1S/C18H26N8.HI/c1-4-16-24-22-13-26(16)11-9-21-18(19-3)20-8-7-15-12-25-10-5-6-14(2)17(25)23-15;/h5-6,10,12-13H,4,7-9,11H2,1-3H3,(H2,19,20,21);1H. The topological polar surface area (TPSA) is 84.4 Å². The Labute approximate surface area is 176 Å². The van der Waals surface area contributed by atoms with E-state index in [1.807, 2.05) is 12.3 Å². The Balaban J connectivity index is 0.00000261. The Bertz CT molecular complexity index is 883. The molecule has 146 valence electrons. The molecule has 27 heavy (non-hydrogen) atoms. The summed E-state index contributed by atoms with van der Waals surface area (Å²) < 4.78 is 4.13. The molecular formula is C18H27IN8. The second kappa shape index (κ2) is 10.2. The van der Waals surface area contributed by atoms with Gasteiger partial charge in [-0.15, -0.1) is 34.2 Å². The van der Waals surface area contributed by atoms with Gasteiger partial charge in [-0.2, -0.15) is 0 Å². The van der Waals surface area contributed by atoms with Crippen LogP contribution in [0, 0.1) is 6.92 Å². The summed E-state index contributed by atoms with van der Waals surface area (Å²) in [7, 11) is 1.78. The minimum atomic E-state index is 0. The SMILES string of the molecule is CCc1nncn1CCNC(=NC)NCCc1cn2cccc(C)c2n1.I. The van der Waals surface area contributed by atoms with Gasteiger partial charge in [-0.25, -0.2) is 4.98 Å². The number of nitrogens with one attached hydrogen (secondary N) is 2. The van der Waals surface area contributed by atoms with E-state index in [0.717, 1.165) is 55.6 Å². The summed E-state index contributed by atoms with van der Waals surface area (Å²) in [4.78, 5) is 8.96. The van der Waals surface area contributed by atoms with Gasteiger partial charge < -0.3 is 19.6 Å². The van der Waals surface area contributed by atoms with E-state index in [2.05, 4.69) is 60.9 Å². The minimum Gasteiger partial charge on any atom is -0.356 e. The molecule has 0 radical (unpaired) electrons. The predicted molar refractivity (Wildman–Crippen MR) is 118 cm³/mol. The summed E-state index contributed by atoms with van der Waals surface area (Å²) >= 11 is 0. The Kier molecular flexibility index (Phi) is 8.01. The van der Waals surface area contributed by atoms with E-state index in [4.69, 9.17) is 4.98 Å². The highest BCUT2D eigenvalue weighted by Crippen LogP contribution is 2.09. The third-order valence-corrected chi connectivity index (χ3v) is 4.28. The zero-order valence-corrected chi connectivity index (χ0v) is 18.3. The van der Waals surface area contributed by atoms with Gasteiger partial charge in [0.15, 0.2) is 5.96 Å². The molecule has 3 aromatic heterocycles. The molecule has 8 nitrogen and oxygen atoms in total. The Morgan fingerprint density at radius 3 is 2.81 bits per heavy atom. The monoisotopic (exact) mass is 482 g/mol. The molecule has 2 N–H and O–H groups in total. The van der Waals surface area contributed by atoms with Gasteiger partial charge in [0, 0.05) is 51.9 Å². The molecule has 0 fully saturated rings. The van der Waals surface area contributed by atoms with Crippen LogP contribution >= 0.6 is 24.0 Å². The summed E-state index contributed by atoms with van der Waals surface area (Å²) in [5, 5.41) is 14.7. The van der Waals surface area contributed by atoms with E-state index >= 15 is 0 Å². The maximum absolute atomic E-state index is 4.70. The zero-order valence-electron chi connectivity index (χ0n) is 16.0. The number of imidazole rings is 1. The summed E-state index contributed by atoms with van der Waals surface area (Å²) in [6, 6.07) is 4.12. The molecule has 3 rings (SSSR count). The number of aromatic nitrogens is 5. The van der Waals surface area contributed by atoms with Gasteiger partial charge in [0.1, 0.15) is 17.8 Å². The maximum atomic E-state index is 4.70. The molecule has 0 atom stereocenters.